The number of benzene rings is 2. The topological polar surface area (TPSA) is 112 Å². The van der Waals surface area contributed by atoms with Crippen LogP contribution in [0.1, 0.15) is 34.3 Å². The first-order valence-electron chi connectivity index (χ1n) is 12.4. The number of halogens is 1. The average molecular weight is 520 g/mol. The summed E-state index contributed by atoms with van der Waals surface area (Å²) in [5, 5.41) is 0. The number of aromatic nitrogens is 1. The van der Waals surface area contributed by atoms with Gasteiger partial charge in [-0.15, -0.1) is 0 Å². The van der Waals surface area contributed by atoms with Gasteiger partial charge < -0.3 is 20.1 Å². The van der Waals surface area contributed by atoms with Gasteiger partial charge in [0.25, 0.3) is 5.91 Å². The van der Waals surface area contributed by atoms with Gasteiger partial charge in [-0.1, -0.05) is 24.3 Å². The number of carbonyl (C=O) groups is 3. The molecule has 0 bridgehead atoms. The number of ether oxygens (including phenoxy) is 2. The number of rotatable bonds is 9. The molecule has 38 heavy (non-hydrogen) atoms. The van der Waals surface area contributed by atoms with Gasteiger partial charge in [0.05, 0.1) is 19.2 Å². The molecule has 9 heteroatoms. The van der Waals surface area contributed by atoms with Crippen LogP contribution in [0.2, 0.25) is 0 Å². The van der Waals surface area contributed by atoms with Gasteiger partial charge in [0.1, 0.15) is 11.6 Å². The third kappa shape index (κ3) is 6.41. The van der Waals surface area contributed by atoms with Crippen molar-refractivity contribution in [3.05, 3.63) is 83.4 Å². The van der Waals surface area contributed by atoms with Crippen molar-refractivity contribution in [2.24, 2.45) is 11.7 Å². The number of piperidine rings is 1. The highest BCUT2D eigenvalue weighted by Crippen LogP contribution is 2.29. The van der Waals surface area contributed by atoms with Crippen molar-refractivity contribution in [1.82, 2.24) is 9.88 Å². The number of Topliss-reactive ketones (excluding diaryl/α,β-unsaturated/α-hetero) is 1. The van der Waals surface area contributed by atoms with Crippen LogP contribution in [-0.4, -0.2) is 54.3 Å². The molecule has 2 heterocycles. The molecule has 198 valence electrons. The molecule has 2 aromatic carbocycles. The molecule has 1 saturated heterocycles. The van der Waals surface area contributed by atoms with Crippen LogP contribution in [0.25, 0.3) is 11.1 Å². The maximum Gasteiger partial charge on any atom is 0.308 e. The van der Waals surface area contributed by atoms with E-state index in [1.54, 1.807) is 41.3 Å². The van der Waals surface area contributed by atoms with Crippen LogP contribution >= 0.6 is 0 Å². The van der Waals surface area contributed by atoms with Gasteiger partial charge in [0.2, 0.25) is 0 Å². The summed E-state index contributed by atoms with van der Waals surface area (Å²) >= 11 is 0. The van der Waals surface area contributed by atoms with Gasteiger partial charge in [-0.2, -0.15) is 0 Å². The van der Waals surface area contributed by atoms with Gasteiger partial charge in [-0.05, 0) is 59.4 Å². The lowest BCUT2D eigenvalue weighted by atomic mass is 9.94. The van der Waals surface area contributed by atoms with Crippen LogP contribution in [0.5, 0.6) is 5.75 Å². The zero-order valence-corrected chi connectivity index (χ0v) is 21.2. The second kappa shape index (κ2) is 12.4. The maximum absolute atomic E-state index is 14.0. The van der Waals surface area contributed by atoms with E-state index in [2.05, 4.69) is 4.98 Å². The molecule has 1 amide bonds. The highest BCUT2D eigenvalue weighted by atomic mass is 19.1. The number of esters is 1. The first-order chi connectivity index (χ1) is 18.4. The molecule has 0 unspecified atom stereocenters. The first-order valence-corrected chi connectivity index (χ1v) is 12.4. The summed E-state index contributed by atoms with van der Waals surface area (Å²) in [5.41, 5.74) is 9.05. The van der Waals surface area contributed by atoms with E-state index in [4.69, 9.17) is 15.2 Å². The van der Waals surface area contributed by atoms with Crippen LogP contribution in [0.3, 0.4) is 0 Å². The predicted molar refractivity (Wildman–Crippen MR) is 139 cm³/mol. The van der Waals surface area contributed by atoms with Gasteiger partial charge >= 0.3 is 5.97 Å². The first kappa shape index (κ1) is 26.9. The van der Waals surface area contributed by atoms with Gasteiger partial charge in [-0.3, -0.25) is 19.4 Å². The van der Waals surface area contributed by atoms with Crippen LogP contribution in [-0.2, 0) is 27.3 Å². The Kier molecular flexibility index (Phi) is 8.81. The van der Waals surface area contributed by atoms with Crippen LogP contribution < -0.4 is 10.5 Å². The van der Waals surface area contributed by atoms with Crippen molar-refractivity contribution in [3.8, 4) is 16.9 Å². The van der Waals surface area contributed by atoms with Gasteiger partial charge in [0.15, 0.2) is 12.4 Å². The predicted octanol–water partition coefficient (Wildman–Crippen LogP) is 3.56. The van der Waals surface area contributed by atoms with E-state index in [0.717, 1.165) is 22.9 Å². The lowest BCUT2D eigenvalue weighted by molar-refractivity contribution is -0.149. The van der Waals surface area contributed by atoms with Gasteiger partial charge in [-0.25, -0.2) is 4.39 Å². The Morgan fingerprint density at radius 2 is 1.87 bits per heavy atom. The summed E-state index contributed by atoms with van der Waals surface area (Å²) in [5.74, 6) is -0.820. The van der Waals surface area contributed by atoms with Crippen molar-refractivity contribution < 1.29 is 28.2 Å². The van der Waals surface area contributed by atoms with E-state index in [1.165, 1.54) is 19.4 Å². The van der Waals surface area contributed by atoms with Crippen molar-refractivity contribution >= 4 is 17.7 Å². The Labute approximate surface area is 220 Å². The number of carbonyl (C=O) groups excluding carboxylic acids is 3. The Balaban J connectivity index is 1.44. The zero-order valence-electron chi connectivity index (χ0n) is 21.2. The van der Waals surface area contributed by atoms with Crippen molar-refractivity contribution in [2.75, 3.05) is 26.8 Å². The Hall–Kier alpha value is -4.11. The SMILES string of the molecule is COC(=O)C1CCN(C(=O)COc2cccc(-c3cc(C(=O)Cc4ccncc4F)ccc3CN)c2)CC1. The number of nitrogens with zero attached hydrogens (tertiary/aromatic N) is 2. The number of methoxy groups -OCH3 is 1. The fraction of sp³-hybridized carbons (Fsp3) is 0.310. The number of hydrogen-bond donors (Lipinski definition) is 1. The van der Waals surface area contributed by atoms with E-state index in [9.17, 15) is 18.8 Å². The summed E-state index contributed by atoms with van der Waals surface area (Å²) in [7, 11) is 1.37. The van der Waals surface area contributed by atoms with Crippen molar-refractivity contribution in [3.63, 3.8) is 0 Å². The number of pyridine rings is 1. The van der Waals surface area contributed by atoms with E-state index in [0.29, 0.717) is 37.2 Å². The highest BCUT2D eigenvalue weighted by molar-refractivity contribution is 5.99. The molecule has 1 aliphatic heterocycles. The Bertz CT molecular complexity index is 1320. The molecule has 0 atom stereocenters. The average Bonchev–Trinajstić information content (AvgIpc) is 2.96. The molecule has 1 fully saturated rings. The summed E-state index contributed by atoms with van der Waals surface area (Å²) in [6.45, 7) is 1.08. The third-order valence-electron chi connectivity index (χ3n) is 6.75. The number of hydrogen-bond acceptors (Lipinski definition) is 7. The van der Waals surface area contributed by atoms with Crippen molar-refractivity contribution in [2.45, 2.75) is 25.8 Å². The molecule has 0 aliphatic carbocycles. The van der Waals surface area contributed by atoms with Crippen LogP contribution in [0, 0.1) is 11.7 Å². The largest absolute Gasteiger partial charge is 0.484 e. The summed E-state index contributed by atoms with van der Waals surface area (Å²) < 4.78 is 24.6. The molecular formula is C29H30FN3O5. The minimum atomic E-state index is -0.521. The number of ketones is 1. The molecule has 4 rings (SSSR count). The normalized spacial score (nSPS) is 13.7. The maximum atomic E-state index is 14.0. The lowest BCUT2D eigenvalue weighted by Crippen LogP contribution is -2.42. The molecule has 0 saturated carbocycles. The molecule has 1 aliphatic rings. The molecule has 3 aromatic rings. The monoisotopic (exact) mass is 519 g/mol. The van der Waals surface area contributed by atoms with Gasteiger partial charge in [0, 0.05) is 37.8 Å². The van der Waals surface area contributed by atoms with Crippen LogP contribution in [0.15, 0.2) is 60.9 Å². The van der Waals surface area contributed by atoms with Crippen molar-refractivity contribution in [1.29, 1.82) is 0 Å². The molecule has 8 nitrogen and oxygen atoms in total. The Morgan fingerprint density at radius 3 is 2.58 bits per heavy atom. The summed E-state index contributed by atoms with van der Waals surface area (Å²) in [4.78, 5) is 42.7. The second-order valence-electron chi connectivity index (χ2n) is 9.14. The van der Waals surface area contributed by atoms with E-state index < -0.39 is 5.82 Å². The summed E-state index contributed by atoms with van der Waals surface area (Å²) in [6, 6.07) is 13.9. The molecule has 0 radical (unpaired) electrons. The zero-order chi connectivity index (χ0) is 27.1. The standard InChI is InChI=1S/C29H30FN3O5/c1-37-29(36)19-8-11-33(12-9-19)28(35)18-38-24-4-2-3-20(13-24)25-14-22(5-6-23(25)16-31)27(34)15-21-7-10-32-17-26(21)30/h2-7,10,13-14,17,19H,8-9,11-12,15-16,18,31H2,1H3. The third-order valence-corrected chi connectivity index (χ3v) is 6.75. The van der Waals surface area contributed by atoms with E-state index in [-0.39, 0.29) is 48.7 Å². The van der Waals surface area contributed by atoms with E-state index >= 15 is 0 Å². The molecule has 1 aromatic heterocycles. The smallest absolute Gasteiger partial charge is 0.308 e. The van der Waals surface area contributed by atoms with Crippen LogP contribution in [0.4, 0.5) is 4.39 Å². The number of amides is 1. The lowest BCUT2D eigenvalue weighted by Gasteiger charge is -2.30. The fourth-order valence-corrected chi connectivity index (χ4v) is 4.54. The van der Waals surface area contributed by atoms with E-state index in [1.807, 2.05) is 6.07 Å². The second-order valence-corrected chi connectivity index (χ2v) is 9.14. The number of nitrogens with two attached hydrogens (primary N) is 1. The minimum absolute atomic E-state index is 0.0854. The fourth-order valence-electron chi connectivity index (χ4n) is 4.54. The molecule has 0 spiro atoms. The minimum Gasteiger partial charge on any atom is -0.484 e. The quantitative estimate of drug-likeness (QED) is 0.340. The molecular weight excluding hydrogens is 489 g/mol. The summed E-state index contributed by atoms with van der Waals surface area (Å²) in [6.07, 6.45) is 3.59. The number of likely N-dealkylation sites (tertiary alicyclic amines) is 1. The molecule has 2 N–H and O–H groups in total. The Morgan fingerprint density at radius 1 is 1.08 bits per heavy atom. The highest BCUT2D eigenvalue weighted by Gasteiger charge is 2.28.